The van der Waals surface area contributed by atoms with Crippen molar-refractivity contribution < 1.29 is 13.5 Å². The van der Waals surface area contributed by atoms with Crippen LogP contribution >= 0.6 is 0 Å². The molecule has 0 spiro atoms. The van der Waals surface area contributed by atoms with Crippen molar-refractivity contribution in [3.8, 4) is 0 Å². The molecule has 1 saturated heterocycles. The molecule has 1 atom stereocenters. The van der Waals surface area contributed by atoms with E-state index in [-0.39, 0.29) is 6.61 Å². The highest BCUT2D eigenvalue weighted by Crippen LogP contribution is 2.17. The van der Waals surface area contributed by atoms with Gasteiger partial charge in [-0.25, -0.2) is 0 Å². The van der Waals surface area contributed by atoms with Gasteiger partial charge >= 0.3 is 0 Å². The molecular formula is C14H22N2O3S. The van der Waals surface area contributed by atoms with Crippen molar-refractivity contribution in [3.63, 3.8) is 0 Å². The maximum absolute atomic E-state index is 12.4. The molecule has 0 saturated carbocycles. The Morgan fingerprint density at radius 1 is 1.10 bits per heavy atom. The van der Waals surface area contributed by atoms with E-state index in [2.05, 4.69) is 4.72 Å². The topological polar surface area (TPSA) is 69.6 Å². The molecule has 0 unspecified atom stereocenters. The number of nitrogens with one attached hydrogen (secondary N) is 1. The molecule has 0 aliphatic carbocycles. The van der Waals surface area contributed by atoms with Gasteiger partial charge in [-0.1, -0.05) is 43.2 Å². The molecule has 2 rings (SSSR count). The summed E-state index contributed by atoms with van der Waals surface area (Å²) in [6.07, 6.45) is 3.95. The Morgan fingerprint density at radius 3 is 2.25 bits per heavy atom. The van der Waals surface area contributed by atoms with Gasteiger partial charge in [0.1, 0.15) is 0 Å². The number of nitrogens with zero attached hydrogens (tertiary/aromatic N) is 1. The lowest BCUT2D eigenvalue weighted by molar-refractivity contribution is 0.256. The van der Waals surface area contributed by atoms with Crippen molar-refractivity contribution in [2.24, 2.45) is 0 Å². The molecule has 20 heavy (non-hydrogen) atoms. The first-order chi connectivity index (χ1) is 9.63. The van der Waals surface area contributed by atoms with Crippen LogP contribution in [0.3, 0.4) is 0 Å². The first-order valence-electron chi connectivity index (χ1n) is 7.06. The van der Waals surface area contributed by atoms with E-state index in [4.69, 9.17) is 0 Å². The molecule has 2 N–H and O–H groups in total. The van der Waals surface area contributed by atoms with Gasteiger partial charge in [-0.3, -0.25) is 0 Å². The van der Waals surface area contributed by atoms with E-state index < -0.39 is 16.3 Å². The third-order valence-corrected chi connectivity index (χ3v) is 5.21. The summed E-state index contributed by atoms with van der Waals surface area (Å²) in [5, 5.41) is 9.45. The fraction of sp³-hybridized carbons (Fsp3) is 0.571. The van der Waals surface area contributed by atoms with Gasteiger partial charge in [0, 0.05) is 13.1 Å². The third kappa shape index (κ3) is 4.02. The zero-order chi connectivity index (χ0) is 14.4. The normalized spacial score (nSPS) is 19.4. The lowest BCUT2D eigenvalue weighted by Gasteiger charge is -2.24. The Bertz CT molecular complexity index is 496. The minimum Gasteiger partial charge on any atom is -0.394 e. The largest absolute Gasteiger partial charge is 0.394 e. The first-order valence-corrected chi connectivity index (χ1v) is 8.51. The van der Waals surface area contributed by atoms with Gasteiger partial charge in [0.05, 0.1) is 12.6 Å². The Balaban J connectivity index is 2.09. The Labute approximate surface area is 120 Å². The monoisotopic (exact) mass is 298 g/mol. The second kappa shape index (κ2) is 7.17. The number of aliphatic hydroxyl groups excluding tert-OH is 1. The van der Waals surface area contributed by atoms with Crippen molar-refractivity contribution in [2.45, 2.75) is 31.7 Å². The summed E-state index contributed by atoms with van der Waals surface area (Å²) in [5.74, 6) is 0. The SMILES string of the molecule is O=S(=O)(N[C@H](CO)c1ccccc1)N1CCCCCC1. The van der Waals surface area contributed by atoms with Gasteiger partial charge in [0.25, 0.3) is 10.2 Å². The van der Waals surface area contributed by atoms with Gasteiger partial charge in [-0.2, -0.15) is 17.4 Å². The lowest BCUT2D eigenvalue weighted by Crippen LogP contribution is -2.43. The molecule has 1 aromatic carbocycles. The smallest absolute Gasteiger partial charge is 0.280 e. The zero-order valence-electron chi connectivity index (χ0n) is 11.5. The van der Waals surface area contributed by atoms with Gasteiger partial charge in [-0.15, -0.1) is 0 Å². The predicted octanol–water partition coefficient (Wildman–Crippen LogP) is 1.43. The summed E-state index contributed by atoms with van der Waals surface area (Å²) >= 11 is 0. The second-order valence-electron chi connectivity index (χ2n) is 5.08. The van der Waals surface area contributed by atoms with Crippen molar-refractivity contribution in [1.29, 1.82) is 0 Å². The minimum atomic E-state index is -3.54. The Kier molecular flexibility index (Phi) is 5.54. The van der Waals surface area contributed by atoms with Crippen LogP contribution in [-0.4, -0.2) is 37.5 Å². The molecule has 0 aromatic heterocycles. The standard InChI is InChI=1S/C14H22N2O3S/c17-12-14(13-8-4-3-5-9-13)15-20(18,19)16-10-6-1-2-7-11-16/h3-5,8-9,14-15,17H,1-2,6-7,10-12H2/t14-/m1/s1. The van der Waals surface area contributed by atoms with Gasteiger partial charge in [0.15, 0.2) is 0 Å². The van der Waals surface area contributed by atoms with Crippen molar-refractivity contribution in [3.05, 3.63) is 35.9 Å². The van der Waals surface area contributed by atoms with Crippen molar-refractivity contribution in [1.82, 2.24) is 9.03 Å². The number of hydrogen-bond donors (Lipinski definition) is 2. The summed E-state index contributed by atoms with van der Waals surface area (Å²) in [6, 6.07) is 8.56. The zero-order valence-corrected chi connectivity index (χ0v) is 12.3. The molecule has 1 aromatic rings. The number of aliphatic hydroxyl groups is 1. The molecule has 1 fully saturated rings. The number of rotatable bonds is 5. The van der Waals surface area contributed by atoms with Crippen LogP contribution in [0, 0.1) is 0 Å². The molecular weight excluding hydrogens is 276 g/mol. The highest BCUT2D eigenvalue weighted by atomic mass is 32.2. The second-order valence-corrected chi connectivity index (χ2v) is 6.78. The van der Waals surface area contributed by atoms with Crippen LogP contribution in [0.15, 0.2) is 30.3 Å². The summed E-state index contributed by atoms with van der Waals surface area (Å²) in [5.41, 5.74) is 0.772. The molecule has 0 bridgehead atoms. The van der Waals surface area contributed by atoms with Crippen molar-refractivity contribution >= 4 is 10.2 Å². The van der Waals surface area contributed by atoms with E-state index in [1.165, 1.54) is 4.31 Å². The highest BCUT2D eigenvalue weighted by molar-refractivity contribution is 7.87. The third-order valence-electron chi connectivity index (χ3n) is 3.58. The molecule has 1 heterocycles. The average molecular weight is 298 g/mol. The Hall–Kier alpha value is -0.950. The average Bonchev–Trinajstić information content (AvgIpc) is 2.75. The molecule has 112 valence electrons. The minimum absolute atomic E-state index is 0.253. The quantitative estimate of drug-likeness (QED) is 0.864. The molecule has 0 amide bonds. The van der Waals surface area contributed by atoms with E-state index in [1.807, 2.05) is 30.3 Å². The molecule has 1 aliphatic rings. The number of hydrogen-bond acceptors (Lipinski definition) is 3. The predicted molar refractivity (Wildman–Crippen MR) is 78.4 cm³/mol. The van der Waals surface area contributed by atoms with Crippen LogP contribution in [0.1, 0.15) is 37.3 Å². The molecule has 5 nitrogen and oxygen atoms in total. The molecule has 1 aliphatic heterocycles. The summed E-state index contributed by atoms with van der Waals surface area (Å²) in [7, 11) is -3.54. The fourth-order valence-electron chi connectivity index (χ4n) is 2.43. The van der Waals surface area contributed by atoms with E-state index >= 15 is 0 Å². The van der Waals surface area contributed by atoms with Gasteiger partial charge in [0.2, 0.25) is 0 Å². The lowest BCUT2D eigenvalue weighted by atomic mass is 10.1. The van der Waals surface area contributed by atoms with Crippen LogP contribution in [0.25, 0.3) is 0 Å². The van der Waals surface area contributed by atoms with E-state index in [0.717, 1.165) is 31.2 Å². The summed E-state index contributed by atoms with van der Waals surface area (Å²) < 4.78 is 28.9. The Morgan fingerprint density at radius 2 is 1.70 bits per heavy atom. The summed E-state index contributed by atoms with van der Waals surface area (Å²) in [4.78, 5) is 0. The van der Waals surface area contributed by atoms with Crippen LogP contribution in [0.5, 0.6) is 0 Å². The first kappa shape index (κ1) is 15.4. The van der Waals surface area contributed by atoms with Crippen LogP contribution in [0.4, 0.5) is 0 Å². The van der Waals surface area contributed by atoms with E-state index in [0.29, 0.717) is 13.1 Å². The van der Waals surface area contributed by atoms with Crippen LogP contribution < -0.4 is 4.72 Å². The number of benzene rings is 1. The summed E-state index contributed by atoms with van der Waals surface area (Å²) in [6.45, 7) is 0.863. The van der Waals surface area contributed by atoms with Crippen LogP contribution in [-0.2, 0) is 10.2 Å². The molecule has 0 radical (unpaired) electrons. The van der Waals surface area contributed by atoms with Crippen LogP contribution in [0.2, 0.25) is 0 Å². The van der Waals surface area contributed by atoms with Gasteiger partial charge in [-0.05, 0) is 18.4 Å². The maximum Gasteiger partial charge on any atom is 0.280 e. The van der Waals surface area contributed by atoms with E-state index in [9.17, 15) is 13.5 Å². The highest BCUT2D eigenvalue weighted by Gasteiger charge is 2.26. The van der Waals surface area contributed by atoms with Crippen molar-refractivity contribution in [2.75, 3.05) is 19.7 Å². The fourth-order valence-corrected chi connectivity index (χ4v) is 3.89. The van der Waals surface area contributed by atoms with Gasteiger partial charge < -0.3 is 5.11 Å². The molecule has 6 heteroatoms. The van der Waals surface area contributed by atoms with E-state index in [1.54, 1.807) is 0 Å². The maximum atomic E-state index is 12.4.